The predicted octanol–water partition coefficient (Wildman–Crippen LogP) is 3.49. The molecule has 1 aromatic carbocycles. The molecule has 29 heavy (non-hydrogen) atoms. The van der Waals surface area contributed by atoms with Crippen molar-refractivity contribution < 1.29 is 18.7 Å². The maximum Gasteiger partial charge on any atom is 0.289 e. The average Bonchev–Trinajstić information content (AvgIpc) is 3.36. The van der Waals surface area contributed by atoms with Crippen LogP contribution in [0.15, 0.2) is 47.1 Å². The van der Waals surface area contributed by atoms with E-state index in [1.54, 1.807) is 12.1 Å². The number of piperidine rings is 1. The van der Waals surface area contributed by atoms with Gasteiger partial charge in [0.15, 0.2) is 5.76 Å². The minimum Gasteiger partial charge on any atom is -0.487 e. The molecule has 0 radical (unpaired) electrons. The van der Waals surface area contributed by atoms with Crippen molar-refractivity contribution in [2.75, 3.05) is 13.1 Å². The molecule has 1 saturated carbocycles. The maximum absolute atomic E-state index is 12.6. The Balaban J connectivity index is 1.30. The minimum absolute atomic E-state index is 0.0681. The van der Waals surface area contributed by atoms with Gasteiger partial charge in [-0.2, -0.15) is 0 Å². The molecule has 5 rings (SSSR count). The molecule has 1 saturated heterocycles. The quantitative estimate of drug-likeness (QED) is 0.862. The summed E-state index contributed by atoms with van der Waals surface area (Å²) in [5.74, 6) is 1.47. The topological polar surface area (TPSA) is 71.8 Å². The Hall–Kier alpha value is -2.76. The molecule has 152 valence electrons. The second-order valence-electron chi connectivity index (χ2n) is 8.54. The number of hydrogen-bond donors (Lipinski definition) is 1. The van der Waals surface area contributed by atoms with Crippen molar-refractivity contribution in [3.05, 3.63) is 54.0 Å². The predicted molar refractivity (Wildman–Crippen MR) is 107 cm³/mol. The van der Waals surface area contributed by atoms with Gasteiger partial charge in [-0.3, -0.25) is 9.59 Å². The lowest BCUT2D eigenvalue weighted by atomic mass is 9.76. The number of nitrogens with zero attached hydrogens (tertiary/aromatic N) is 1. The summed E-state index contributed by atoms with van der Waals surface area (Å²) in [6.07, 6.45) is 6.54. The number of nitrogens with one attached hydrogen (secondary N) is 1. The first kappa shape index (κ1) is 18.3. The molecule has 3 heterocycles. The Bertz CT molecular complexity index is 895. The maximum atomic E-state index is 12.6. The van der Waals surface area contributed by atoms with Crippen molar-refractivity contribution in [1.29, 1.82) is 0 Å². The fourth-order valence-corrected chi connectivity index (χ4v) is 4.64. The van der Waals surface area contributed by atoms with E-state index in [1.165, 1.54) is 6.26 Å². The summed E-state index contributed by atoms with van der Waals surface area (Å²) in [7, 11) is 0. The lowest BCUT2D eigenvalue weighted by Crippen LogP contribution is -2.52. The van der Waals surface area contributed by atoms with Crippen LogP contribution in [0.1, 0.15) is 60.6 Å². The number of benzene rings is 1. The molecular formula is C23H26N2O4. The summed E-state index contributed by atoms with van der Waals surface area (Å²) in [4.78, 5) is 26.9. The first-order chi connectivity index (χ1) is 14.1. The number of ether oxygens (including phenoxy) is 1. The van der Waals surface area contributed by atoms with Crippen LogP contribution in [0.5, 0.6) is 5.75 Å². The highest BCUT2D eigenvalue weighted by Gasteiger charge is 2.44. The normalized spacial score (nSPS) is 22.6. The zero-order chi connectivity index (χ0) is 19.8. The minimum atomic E-state index is -0.321. The third-order valence-corrected chi connectivity index (χ3v) is 6.37. The molecule has 3 aliphatic rings. The summed E-state index contributed by atoms with van der Waals surface area (Å²) >= 11 is 0. The van der Waals surface area contributed by atoms with Crippen LogP contribution < -0.4 is 10.1 Å². The van der Waals surface area contributed by atoms with Crippen molar-refractivity contribution in [3.8, 4) is 5.75 Å². The first-order valence-corrected chi connectivity index (χ1v) is 10.5. The van der Waals surface area contributed by atoms with E-state index in [9.17, 15) is 9.59 Å². The molecule has 6 heteroatoms. The van der Waals surface area contributed by atoms with Gasteiger partial charge in [0.25, 0.3) is 5.91 Å². The molecular weight excluding hydrogens is 368 g/mol. The molecule has 6 nitrogen and oxygen atoms in total. The monoisotopic (exact) mass is 394 g/mol. The van der Waals surface area contributed by atoms with Crippen molar-refractivity contribution in [3.63, 3.8) is 0 Å². The SMILES string of the molecule is O=C(C[C@@H]1CC2(CCN(C(=O)c3ccco3)CC2)Oc2ccccc21)NC1CC1. The van der Waals surface area contributed by atoms with E-state index in [0.29, 0.717) is 31.3 Å². The molecule has 1 atom stereocenters. The van der Waals surface area contributed by atoms with E-state index in [-0.39, 0.29) is 23.3 Å². The number of hydrogen-bond acceptors (Lipinski definition) is 4. The van der Waals surface area contributed by atoms with Crippen LogP contribution in [0.4, 0.5) is 0 Å². The molecule has 2 amide bonds. The highest BCUT2D eigenvalue weighted by Crippen LogP contribution is 2.46. The first-order valence-electron chi connectivity index (χ1n) is 10.5. The Labute approximate surface area is 170 Å². The lowest BCUT2D eigenvalue weighted by molar-refractivity contribution is -0.122. The molecule has 1 N–H and O–H groups in total. The zero-order valence-electron chi connectivity index (χ0n) is 16.4. The highest BCUT2D eigenvalue weighted by molar-refractivity contribution is 5.91. The molecule has 1 aliphatic carbocycles. The van der Waals surface area contributed by atoms with Gasteiger partial charge in [0.05, 0.1) is 6.26 Å². The van der Waals surface area contributed by atoms with E-state index in [1.807, 2.05) is 23.1 Å². The van der Waals surface area contributed by atoms with E-state index in [0.717, 1.165) is 43.4 Å². The second-order valence-corrected chi connectivity index (χ2v) is 8.54. The molecule has 0 bridgehead atoms. The molecule has 2 aromatic rings. The Kier molecular flexibility index (Phi) is 4.57. The highest BCUT2D eigenvalue weighted by atomic mass is 16.5. The smallest absolute Gasteiger partial charge is 0.289 e. The third kappa shape index (κ3) is 3.76. The van der Waals surface area contributed by atoms with Crippen molar-refractivity contribution in [1.82, 2.24) is 10.2 Å². The largest absolute Gasteiger partial charge is 0.487 e. The second kappa shape index (κ2) is 7.25. The Morgan fingerprint density at radius 1 is 1.10 bits per heavy atom. The summed E-state index contributed by atoms with van der Waals surface area (Å²) in [5, 5.41) is 3.12. The van der Waals surface area contributed by atoms with Crippen molar-refractivity contribution >= 4 is 11.8 Å². The van der Waals surface area contributed by atoms with Crippen LogP contribution in [0.25, 0.3) is 0 Å². The zero-order valence-corrected chi connectivity index (χ0v) is 16.4. The van der Waals surface area contributed by atoms with Crippen LogP contribution in [0, 0.1) is 0 Å². The van der Waals surface area contributed by atoms with Crippen LogP contribution in [0.3, 0.4) is 0 Å². The number of fused-ring (bicyclic) bond motifs is 1. The fraction of sp³-hybridized carbons (Fsp3) is 0.478. The molecule has 1 spiro atoms. The standard InChI is InChI=1S/C23H26N2O4/c26-21(24-17-7-8-17)14-16-15-23(29-19-5-2-1-4-18(16)19)9-11-25(12-10-23)22(27)20-6-3-13-28-20/h1-6,13,16-17H,7-12,14-15H2,(H,24,26)/t16-/m1/s1. The molecule has 2 fully saturated rings. The number of carbonyl (C=O) groups is 2. The van der Waals surface area contributed by atoms with Crippen LogP contribution in [-0.2, 0) is 4.79 Å². The van der Waals surface area contributed by atoms with E-state index >= 15 is 0 Å². The Morgan fingerprint density at radius 3 is 2.62 bits per heavy atom. The molecule has 1 aromatic heterocycles. The average molecular weight is 394 g/mol. The van der Waals surface area contributed by atoms with Gasteiger partial charge in [-0.05, 0) is 43.0 Å². The molecule has 0 unspecified atom stereocenters. The van der Waals surface area contributed by atoms with Crippen LogP contribution in [0.2, 0.25) is 0 Å². The number of rotatable bonds is 4. The Morgan fingerprint density at radius 2 is 1.90 bits per heavy atom. The van der Waals surface area contributed by atoms with E-state index < -0.39 is 0 Å². The number of likely N-dealkylation sites (tertiary alicyclic amines) is 1. The van der Waals surface area contributed by atoms with Gasteiger partial charge in [-0.25, -0.2) is 0 Å². The molecule has 2 aliphatic heterocycles. The lowest BCUT2D eigenvalue weighted by Gasteiger charge is -2.46. The van der Waals surface area contributed by atoms with Gasteiger partial charge in [0.1, 0.15) is 11.4 Å². The van der Waals surface area contributed by atoms with Gasteiger partial charge in [0, 0.05) is 44.3 Å². The van der Waals surface area contributed by atoms with Gasteiger partial charge in [-0.15, -0.1) is 0 Å². The summed E-state index contributed by atoms with van der Waals surface area (Å²) in [6, 6.07) is 11.9. The van der Waals surface area contributed by atoms with Gasteiger partial charge in [0.2, 0.25) is 5.91 Å². The van der Waals surface area contributed by atoms with Gasteiger partial charge in [-0.1, -0.05) is 18.2 Å². The van der Waals surface area contributed by atoms with Crippen molar-refractivity contribution in [2.24, 2.45) is 0 Å². The fourth-order valence-electron chi connectivity index (χ4n) is 4.64. The van der Waals surface area contributed by atoms with Crippen LogP contribution in [-0.4, -0.2) is 41.4 Å². The van der Waals surface area contributed by atoms with Crippen molar-refractivity contribution in [2.45, 2.75) is 56.1 Å². The number of furan rings is 1. The van der Waals surface area contributed by atoms with E-state index in [4.69, 9.17) is 9.15 Å². The summed E-state index contributed by atoms with van der Waals surface area (Å²) < 4.78 is 11.8. The van der Waals surface area contributed by atoms with Crippen LogP contribution >= 0.6 is 0 Å². The third-order valence-electron chi connectivity index (χ3n) is 6.37. The summed E-state index contributed by atoms with van der Waals surface area (Å²) in [5.41, 5.74) is 0.803. The number of carbonyl (C=O) groups excluding carboxylic acids is 2. The van der Waals surface area contributed by atoms with Gasteiger partial charge < -0.3 is 19.4 Å². The van der Waals surface area contributed by atoms with Gasteiger partial charge >= 0.3 is 0 Å². The number of amides is 2. The summed E-state index contributed by atoms with van der Waals surface area (Å²) in [6.45, 7) is 1.26. The number of para-hydroxylation sites is 1. The van der Waals surface area contributed by atoms with E-state index in [2.05, 4.69) is 11.4 Å².